The zero-order valence-electron chi connectivity index (χ0n) is 20.8. The molecule has 190 valence electrons. The molecule has 2 aromatic carbocycles. The van der Waals surface area contributed by atoms with Gasteiger partial charge in [0.15, 0.2) is 6.23 Å². The lowest BCUT2D eigenvalue weighted by Gasteiger charge is -2.18. The number of carbonyl (C=O) groups excluding carboxylic acids is 2. The van der Waals surface area contributed by atoms with Crippen molar-refractivity contribution in [2.45, 2.75) is 52.0 Å². The van der Waals surface area contributed by atoms with Gasteiger partial charge in [-0.1, -0.05) is 19.1 Å². The van der Waals surface area contributed by atoms with Gasteiger partial charge in [0.25, 0.3) is 0 Å². The molecule has 0 radical (unpaired) electrons. The molecule has 0 saturated heterocycles. The summed E-state index contributed by atoms with van der Waals surface area (Å²) >= 11 is 0. The highest BCUT2D eigenvalue weighted by Gasteiger charge is 2.19. The van der Waals surface area contributed by atoms with E-state index in [1.54, 1.807) is 50.6 Å². The SMILES string of the molecule is CC[C@H](CC#N)OC(=O)N[C@@H](C)c1cccc(NC(=O)Nc2ccc(C3=CNC(C)O3)c(OC)c2)c1. The molecule has 1 aliphatic heterocycles. The van der Waals surface area contributed by atoms with Crippen molar-refractivity contribution in [3.05, 3.63) is 59.8 Å². The number of amides is 3. The van der Waals surface area contributed by atoms with Crippen LogP contribution in [0, 0.1) is 11.3 Å². The summed E-state index contributed by atoms with van der Waals surface area (Å²) in [6.45, 7) is 5.55. The summed E-state index contributed by atoms with van der Waals surface area (Å²) in [6, 6.07) is 13.6. The third-order valence-electron chi connectivity index (χ3n) is 5.50. The first kappa shape index (κ1) is 26.2. The van der Waals surface area contributed by atoms with E-state index in [0.29, 0.717) is 29.3 Å². The van der Waals surface area contributed by atoms with Gasteiger partial charge in [0.2, 0.25) is 0 Å². The Morgan fingerprint density at radius 3 is 2.58 bits per heavy atom. The van der Waals surface area contributed by atoms with E-state index in [1.807, 2.05) is 32.0 Å². The normalized spacial score (nSPS) is 15.8. The van der Waals surface area contributed by atoms with Crippen LogP contribution in [-0.2, 0) is 9.47 Å². The molecule has 2 aromatic rings. The van der Waals surface area contributed by atoms with Gasteiger partial charge in [-0.3, -0.25) is 0 Å². The van der Waals surface area contributed by atoms with Crippen molar-refractivity contribution in [2.24, 2.45) is 0 Å². The first-order valence-corrected chi connectivity index (χ1v) is 11.7. The fourth-order valence-electron chi connectivity index (χ4n) is 3.56. The van der Waals surface area contributed by atoms with Crippen LogP contribution in [0.3, 0.4) is 0 Å². The Morgan fingerprint density at radius 1 is 1.19 bits per heavy atom. The van der Waals surface area contributed by atoms with E-state index in [-0.39, 0.29) is 18.7 Å². The second-order valence-corrected chi connectivity index (χ2v) is 8.22. The first-order chi connectivity index (χ1) is 17.3. The average molecular weight is 494 g/mol. The molecule has 10 nitrogen and oxygen atoms in total. The van der Waals surface area contributed by atoms with Gasteiger partial charge in [-0.25, -0.2) is 9.59 Å². The van der Waals surface area contributed by atoms with Crippen LogP contribution in [0.25, 0.3) is 5.76 Å². The Balaban J connectivity index is 1.60. The molecule has 0 aliphatic carbocycles. The van der Waals surface area contributed by atoms with Crippen LogP contribution in [0.4, 0.5) is 21.0 Å². The molecule has 3 amide bonds. The molecule has 0 spiro atoms. The number of methoxy groups -OCH3 is 1. The number of hydrogen-bond acceptors (Lipinski definition) is 7. The highest BCUT2D eigenvalue weighted by Crippen LogP contribution is 2.32. The van der Waals surface area contributed by atoms with Gasteiger partial charge in [0.05, 0.1) is 31.2 Å². The number of benzene rings is 2. The van der Waals surface area contributed by atoms with Gasteiger partial charge in [-0.15, -0.1) is 0 Å². The van der Waals surface area contributed by atoms with Crippen LogP contribution in [0.5, 0.6) is 5.75 Å². The molecule has 4 N–H and O–H groups in total. The molecular weight excluding hydrogens is 462 g/mol. The van der Waals surface area contributed by atoms with Crippen LogP contribution in [0.1, 0.15) is 50.8 Å². The summed E-state index contributed by atoms with van der Waals surface area (Å²) in [5, 5.41) is 20.2. The molecule has 0 saturated carbocycles. The number of alkyl carbamates (subject to hydrolysis) is 1. The van der Waals surface area contributed by atoms with Crippen LogP contribution >= 0.6 is 0 Å². The van der Waals surface area contributed by atoms with Crippen LogP contribution in [0.2, 0.25) is 0 Å². The summed E-state index contributed by atoms with van der Waals surface area (Å²) in [5.74, 6) is 1.22. The van der Waals surface area contributed by atoms with Crippen molar-refractivity contribution in [1.29, 1.82) is 5.26 Å². The minimum atomic E-state index is -0.595. The van der Waals surface area contributed by atoms with Gasteiger partial charge in [-0.2, -0.15) is 5.26 Å². The van der Waals surface area contributed by atoms with Gasteiger partial charge >= 0.3 is 12.1 Å². The van der Waals surface area contributed by atoms with E-state index >= 15 is 0 Å². The number of rotatable bonds is 9. The zero-order valence-corrected chi connectivity index (χ0v) is 20.8. The van der Waals surface area contributed by atoms with E-state index in [9.17, 15) is 9.59 Å². The third kappa shape index (κ3) is 7.06. The summed E-state index contributed by atoms with van der Waals surface area (Å²) in [4.78, 5) is 24.8. The van der Waals surface area contributed by atoms with Crippen LogP contribution < -0.4 is 26.0 Å². The number of anilines is 2. The van der Waals surface area contributed by atoms with Crippen LogP contribution in [0.15, 0.2) is 48.7 Å². The highest BCUT2D eigenvalue weighted by molar-refractivity contribution is 6.00. The lowest BCUT2D eigenvalue weighted by molar-refractivity contribution is 0.0950. The predicted molar refractivity (Wildman–Crippen MR) is 136 cm³/mol. The number of carbonyl (C=O) groups is 2. The quantitative estimate of drug-likeness (QED) is 0.383. The summed E-state index contributed by atoms with van der Waals surface area (Å²) in [6.07, 6.45) is 1.31. The van der Waals surface area contributed by atoms with E-state index < -0.39 is 18.2 Å². The Labute approximate surface area is 210 Å². The Bertz CT molecular complexity index is 1160. The molecule has 3 atom stereocenters. The fraction of sp³-hybridized carbons (Fsp3) is 0.346. The topological polar surface area (TPSA) is 134 Å². The highest BCUT2D eigenvalue weighted by atomic mass is 16.6. The summed E-state index contributed by atoms with van der Waals surface area (Å²) < 4.78 is 16.5. The molecule has 0 bridgehead atoms. The predicted octanol–water partition coefficient (Wildman–Crippen LogP) is 5.08. The molecule has 1 aliphatic rings. The lowest BCUT2D eigenvalue weighted by Crippen LogP contribution is -2.31. The molecule has 1 heterocycles. The number of nitriles is 1. The van der Waals surface area contributed by atoms with E-state index in [2.05, 4.69) is 21.3 Å². The smallest absolute Gasteiger partial charge is 0.407 e. The number of nitrogens with one attached hydrogen (secondary N) is 4. The van der Waals surface area contributed by atoms with Gasteiger partial charge in [0, 0.05) is 23.6 Å². The number of hydrogen-bond donors (Lipinski definition) is 4. The Kier molecular flexibility index (Phi) is 9.00. The van der Waals surface area contributed by atoms with Crippen molar-refractivity contribution in [1.82, 2.24) is 10.6 Å². The monoisotopic (exact) mass is 493 g/mol. The second kappa shape index (κ2) is 12.4. The van der Waals surface area contributed by atoms with E-state index in [1.165, 1.54) is 0 Å². The standard InChI is InChI=1S/C26H31N5O5/c1-5-21(11-12-27)36-26(33)29-16(2)18-7-6-8-19(13-18)30-25(32)31-20-9-10-22(23(14-20)34-4)24-15-28-17(3)35-24/h6-10,13-17,21,28H,5,11H2,1-4H3,(H,29,33)(H2,30,31,32)/t16-,17?,21+/m0/s1. The van der Waals surface area contributed by atoms with Crippen molar-refractivity contribution < 1.29 is 23.8 Å². The molecule has 10 heteroatoms. The van der Waals surface area contributed by atoms with Crippen molar-refractivity contribution >= 4 is 29.3 Å². The van der Waals surface area contributed by atoms with Gasteiger partial charge < -0.3 is 35.5 Å². The second-order valence-electron chi connectivity index (χ2n) is 8.22. The maximum Gasteiger partial charge on any atom is 0.407 e. The summed E-state index contributed by atoms with van der Waals surface area (Å²) in [7, 11) is 1.55. The lowest BCUT2D eigenvalue weighted by atomic mass is 10.1. The molecule has 0 fully saturated rings. The largest absolute Gasteiger partial charge is 0.496 e. The third-order valence-corrected chi connectivity index (χ3v) is 5.50. The molecule has 3 rings (SSSR count). The van der Waals surface area contributed by atoms with Gasteiger partial charge in [-0.05, 0) is 50.1 Å². The molecule has 36 heavy (non-hydrogen) atoms. The molecule has 0 aromatic heterocycles. The van der Waals surface area contributed by atoms with E-state index in [4.69, 9.17) is 19.5 Å². The minimum Gasteiger partial charge on any atom is -0.496 e. The Morgan fingerprint density at radius 2 is 1.94 bits per heavy atom. The fourth-order valence-corrected chi connectivity index (χ4v) is 3.56. The maximum absolute atomic E-state index is 12.6. The van der Waals surface area contributed by atoms with Crippen molar-refractivity contribution in [3.8, 4) is 11.8 Å². The van der Waals surface area contributed by atoms with E-state index in [0.717, 1.165) is 11.1 Å². The van der Waals surface area contributed by atoms with Crippen LogP contribution in [-0.4, -0.2) is 31.6 Å². The zero-order chi connectivity index (χ0) is 26.1. The Hall–Kier alpha value is -4.39. The average Bonchev–Trinajstić information content (AvgIpc) is 3.29. The van der Waals surface area contributed by atoms with Crippen molar-refractivity contribution in [2.75, 3.05) is 17.7 Å². The minimum absolute atomic E-state index is 0.121. The number of ether oxygens (including phenoxy) is 3. The number of nitrogens with zero attached hydrogens (tertiary/aromatic N) is 1. The molecular formula is C26H31N5O5. The number of urea groups is 1. The van der Waals surface area contributed by atoms with Crippen molar-refractivity contribution in [3.63, 3.8) is 0 Å². The van der Waals surface area contributed by atoms with Gasteiger partial charge in [0.1, 0.15) is 17.6 Å². The summed E-state index contributed by atoms with van der Waals surface area (Å²) in [5.41, 5.74) is 2.64. The molecule has 1 unspecified atom stereocenters. The first-order valence-electron chi connectivity index (χ1n) is 11.7. The maximum atomic E-state index is 12.6.